The van der Waals surface area contributed by atoms with E-state index in [4.69, 9.17) is 0 Å². The third kappa shape index (κ3) is 3.77. The van der Waals surface area contributed by atoms with E-state index in [0.29, 0.717) is 6.42 Å². The predicted molar refractivity (Wildman–Crippen MR) is 72.1 cm³/mol. The highest BCUT2D eigenvalue weighted by molar-refractivity contribution is 7.89. The van der Waals surface area contributed by atoms with E-state index >= 15 is 0 Å². The Morgan fingerprint density at radius 3 is 2.60 bits per heavy atom. The number of ether oxygens (including phenoxy) is 1. The predicted octanol–water partition coefficient (Wildman–Crippen LogP) is 1.84. The molecule has 7 heteroatoms. The van der Waals surface area contributed by atoms with E-state index < -0.39 is 27.3 Å². The SMILES string of the molecule is CCCC(C)(NS(=O)(=O)c1cccc(F)c1)C(=O)OC. The first-order valence-corrected chi connectivity index (χ1v) is 7.61. The summed E-state index contributed by atoms with van der Waals surface area (Å²) < 4.78 is 44.5. The van der Waals surface area contributed by atoms with Crippen LogP contribution in [0.4, 0.5) is 4.39 Å². The molecule has 0 aromatic heterocycles. The molecule has 1 unspecified atom stereocenters. The van der Waals surface area contributed by atoms with Crippen LogP contribution in [0.5, 0.6) is 0 Å². The fourth-order valence-corrected chi connectivity index (χ4v) is 3.33. The Balaban J connectivity index is 3.13. The fourth-order valence-electron chi connectivity index (χ4n) is 1.91. The lowest BCUT2D eigenvalue weighted by Crippen LogP contribution is -2.52. The molecule has 0 bridgehead atoms. The quantitative estimate of drug-likeness (QED) is 0.814. The Labute approximate surface area is 118 Å². The third-order valence-corrected chi connectivity index (χ3v) is 4.45. The second-order valence-corrected chi connectivity index (χ2v) is 6.32. The van der Waals surface area contributed by atoms with Gasteiger partial charge in [-0.2, -0.15) is 4.72 Å². The van der Waals surface area contributed by atoms with Crippen LogP contribution < -0.4 is 4.72 Å². The van der Waals surface area contributed by atoms with E-state index in [1.165, 1.54) is 26.2 Å². The first-order chi connectivity index (χ1) is 9.25. The van der Waals surface area contributed by atoms with Gasteiger partial charge in [0.1, 0.15) is 11.4 Å². The van der Waals surface area contributed by atoms with E-state index in [1.807, 2.05) is 6.92 Å². The average molecular weight is 303 g/mol. The number of hydrogen-bond acceptors (Lipinski definition) is 4. The van der Waals surface area contributed by atoms with Crippen molar-refractivity contribution in [3.05, 3.63) is 30.1 Å². The van der Waals surface area contributed by atoms with E-state index in [2.05, 4.69) is 9.46 Å². The molecule has 20 heavy (non-hydrogen) atoms. The first kappa shape index (κ1) is 16.6. The lowest BCUT2D eigenvalue weighted by molar-refractivity contribution is -0.147. The van der Waals surface area contributed by atoms with Gasteiger partial charge in [0.2, 0.25) is 10.0 Å². The van der Waals surface area contributed by atoms with Crippen molar-refractivity contribution < 1.29 is 22.3 Å². The Morgan fingerprint density at radius 1 is 1.45 bits per heavy atom. The van der Waals surface area contributed by atoms with Gasteiger partial charge in [-0.25, -0.2) is 12.8 Å². The monoisotopic (exact) mass is 303 g/mol. The summed E-state index contributed by atoms with van der Waals surface area (Å²) >= 11 is 0. The van der Waals surface area contributed by atoms with E-state index in [9.17, 15) is 17.6 Å². The molecule has 1 aromatic rings. The normalized spacial score (nSPS) is 14.6. The van der Waals surface area contributed by atoms with Gasteiger partial charge in [-0.3, -0.25) is 4.79 Å². The number of carbonyl (C=O) groups is 1. The van der Waals surface area contributed by atoms with Crippen LogP contribution in [-0.4, -0.2) is 27.0 Å². The number of hydrogen-bond donors (Lipinski definition) is 1. The van der Waals surface area contributed by atoms with Gasteiger partial charge in [-0.05, 0) is 31.5 Å². The van der Waals surface area contributed by atoms with E-state index in [0.717, 1.165) is 12.1 Å². The summed E-state index contributed by atoms with van der Waals surface area (Å²) in [4.78, 5) is 11.5. The van der Waals surface area contributed by atoms with Crippen molar-refractivity contribution in [3.8, 4) is 0 Å². The molecule has 1 rings (SSSR count). The molecule has 0 amide bonds. The largest absolute Gasteiger partial charge is 0.468 e. The minimum atomic E-state index is -4.01. The Morgan fingerprint density at radius 2 is 2.10 bits per heavy atom. The van der Waals surface area contributed by atoms with Gasteiger partial charge in [0, 0.05) is 0 Å². The molecular weight excluding hydrogens is 285 g/mol. The van der Waals surface area contributed by atoms with Crippen molar-refractivity contribution in [1.29, 1.82) is 0 Å². The van der Waals surface area contributed by atoms with Gasteiger partial charge >= 0.3 is 5.97 Å². The first-order valence-electron chi connectivity index (χ1n) is 6.13. The number of esters is 1. The molecule has 0 heterocycles. The number of sulfonamides is 1. The van der Waals surface area contributed by atoms with Crippen LogP contribution in [0.3, 0.4) is 0 Å². The van der Waals surface area contributed by atoms with Crippen LogP contribution in [0, 0.1) is 5.82 Å². The van der Waals surface area contributed by atoms with Crippen molar-refractivity contribution in [2.45, 2.75) is 37.1 Å². The highest BCUT2D eigenvalue weighted by atomic mass is 32.2. The molecule has 5 nitrogen and oxygen atoms in total. The van der Waals surface area contributed by atoms with Crippen molar-refractivity contribution in [3.63, 3.8) is 0 Å². The highest BCUT2D eigenvalue weighted by Gasteiger charge is 2.38. The lowest BCUT2D eigenvalue weighted by Gasteiger charge is -2.27. The third-order valence-electron chi connectivity index (χ3n) is 2.85. The van der Waals surface area contributed by atoms with Gasteiger partial charge in [0.15, 0.2) is 0 Å². The average Bonchev–Trinajstić information content (AvgIpc) is 2.37. The van der Waals surface area contributed by atoms with Crippen LogP contribution in [-0.2, 0) is 19.6 Å². The summed E-state index contributed by atoms with van der Waals surface area (Å²) in [5, 5.41) is 0. The molecule has 0 saturated heterocycles. The van der Waals surface area contributed by atoms with Gasteiger partial charge in [-0.15, -0.1) is 0 Å². The molecule has 1 N–H and O–H groups in total. The maximum Gasteiger partial charge on any atom is 0.326 e. The van der Waals surface area contributed by atoms with Crippen LogP contribution >= 0.6 is 0 Å². The minimum Gasteiger partial charge on any atom is -0.468 e. The smallest absolute Gasteiger partial charge is 0.326 e. The Kier molecular flexibility index (Phi) is 5.24. The number of halogens is 1. The number of benzene rings is 1. The second kappa shape index (κ2) is 6.32. The van der Waals surface area contributed by atoms with Gasteiger partial charge in [0.05, 0.1) is 12.0 Å². The van der Waals surface area contributed by atoms with Crippen molar-refractivity contribution in [1.82, 2.24) is 4.72 Å². The molecule has 0 radical (unpaired) electrons. The number of carbonyl (C=O) groups excluding carboxylic acids is 1. The molecule has 112 valence electrons. The number of methoxy groups -OCH3 is 1. The topological polar surface area (TPSA) is 72.5 Å². The highest BCUT2D eigenvalue weighted by Crippen LogP contribution is 2.19. The zero-order chi connectivity index (χ0) is 15.4. The van der Waals surface area contributed by atoms with Gasteiger partial charge in [-0.1, -0.05) is 19.4 Å². The molecule has 1 atom stereocenters. The Hall–Kier alpha value is -1.47. The van der Waals surface area contributed by atoms with Crippen molar-refractivity contribution in [2.75, 3.05) is 7.11 Å². The zero-order valence-corrected chi connectivity index (χ0v) is 12.5. The number of nitrogens with one attached hydrogen (secondary N) is 1. The van der Waals surface area contributed by atoms with E-state index in [1.54, 1.807) is 0 Å². The Bertz CT molecular complexity index is 588. The zero-order valence-electron chi connectivity index (χ0n) is 11.6. The molecule has 0 spiro atoms. The minimum absolute atomic E-state index is 0.233. The van der Waals surface area contributed by atoms with Crippen LogP contribution in [0.15, 0.2) is 29.2 Å². The molecule has 0 aliphatic heterocycles. The maximum atomic E-state index is 13.1. The van der Waals surface area contributed by atoms with E-state index in [-0.39, 0.29) is 11.3 Å². The number of rotatable bonds is 6. The lowest BCUT2D eigenvalue weighted by atomic mass is 9.98. The van der Waals surface area contributed by atoms with Gasteiger partial charge < -0.3 is 4.74 Å². The van der Waals surface area contributed by atoms with Crippen LogP contribution in [0.2, 0.25) is 0 Å². The summed E-state index contributed by atoms with van der Waals surface area (Å²) in [5.74, 6) is -1.34. The van der Waals surface area contributed by atoms with Gasteiger partial charge in [0.25, 0.3) is 0 Å². The molecule has 0 fully saturated rings. The van der Waals surface area contributed by atoms with Crippen molar-refractivity contribution >= 4 is 16.0 Å². The molecule has 0 aliphatic rings. The summed E-state index contributed by atoms with van der Waals surface area (Å²) in [7, 11) is -2.82. The van der Waals surface area contributed by atoms with Crippen LogP contribution in [0.1, 0.15) is 26.7 Å². The fraction of sp³-hybridized carbons (Fsp3) is 0.462. The maximum absolute atomic E-state index is 13.1. The second-order valence-electron chi connectivity index (χ2n) is 4.64. The summed E-state index contributed by atoms with van der Waals surface area (Å²) in [5.41, 5.74) is -1.38. The summed E-state index contributed by atoms with van der Waals surface area (Å²) in [6, 6.07) is 4.59. The summed E-state index contributed by atoms with van der Waals surface area (Å²) in [6.07, 6.45) is 0.853. The molecular formula is C13H18FNO4S. The van der Waals surface area contributed by atoms with Crippen LogP contribution in [0.25, 0.3) is 0 Å². The van der Waals surface area contributed by atoms with Crippen molar-refractivity contribution in [2.24, 2.45) is 0 Å². The molecule has 0 aliphatic carbocycles. The standard InChI is InChI=1S/C13H18FNO4S/c1-4-8-13(2,12(16)19-3)15-20(17,18)11-7-5-6-10(14)9-11/h5-7,9,15H,4,8H2,1-3H3. The summed E-state index contributed by atoms with van der Waals surface area (Å²) in [6.45, 7) is 3.26. The molecule has 0 saturated carbocycles. The molecule has 1 aromatic carbocycles.